The van der Waals surface area contributed by atoms with Gasteiger partial charge in [-0.25, -0.2) is 14.6 Å². The number of pyridine rings is 1. The molecule has 1 saturated carbocycles. The number of anilines is 1. The van der Waals surface area contributed by atoms with Crippen LogP contribution < -0.4 is 5.73 Å². The molecule has 5 rings (SSSR count). The zero-order valence-corrected chi connectivity index (χ0v) is 14.2. The summed E-state index contributed by atoms with van der Waals surface area (Å²) >= 11 is 0. The van der Waals surface area contributed by atoms with Crippen LogP contribution in [0.3, 0.4) is 0 Å². The highest BCUT2D eigenvalue weighted by Gasteiger charge is 2.28. The van der Waals surface area contributed by atoms with E-state index in [-0.39, 0.29) is 0 Å². The first-order valence-corrected chi connectivity index (χ1v) is 8.76. The number of nitrogens with zero attached hydrogens (tertiary/aromatic N) is 5. The van der Waals surface area contributed by atoms with Crippen LogP contribution in [0, 0.1) is 0 Å². The molecule has 0 saturated heterocycles. The van der Waals surface area contributed by atoms with E-state index in [1.165, 1.54) is 17.5 Å². The Hall–Kier alpha value is -3.28. The molecule has 6 nitrogen and oxygen atoms in total. The van der Waals surface area contributed by atoms with E-state index in [4.69, 9.17) is 10.8 Å². The van der Waals surface area contributed by atoms with Crippen LogP contribution in [0.15, 0.2) is 55.1 Å². The average molecular weight is 342 g/mol. The third kappa shape index (κ3) is 2.60. The summed E-state index contributed by atoms with van der Waals surface area (Å²) in [5, 5.41) is 5.72. The quantitative estimate of drug-likeness (QED) is 0.614. The Labute approximate surface area is 150 Å². The number of rotatable bonds is 4. The molecule has 0 atom stereocenters. The zero-order chi connectivity index (χ0) is 17.5. The minimum Gasteiger partial charge on any atom is -0.383 e. The fourth-order valence-corrected chi connectivity index (χ4v) is 3.36. The fraction of sp³-hybridized carbons (Fsp3) is 0.200. The third-order valence-corrected chi connectivity index (χ3v) is 4.80. The summed E-state index contributed by atoms with van der Waals surface area (Å²) in [7, 11) is 0. The molecule has 6 heteroatoms. The first kappa shape index (κ1) is 15.0. The van der Waals surface area contributed by atoms with Crippen molar-refractivity contribution in [2.75, 3.05) is 5.73 Å². The maximum atomic E-state index is 6.15. The van der Waals surface area contributed by atoms with Gasteiger partial charge in [0.1, 0.15) is 12.1 Å². The molecule has 0 aliphatic heterocycles. The van der Waals surface area contributed by atoms with Gasteiger partial charge in [0.15, 0.2) is 5.65 Å². The molecular weight excluding hydrogens is 324 g/mol. The molecule has 3 heterocycles. The summed E-state index contributed by atoms with van der Waals surface area (Å²) in [6.07, 6.45) is 8.14. The molecule has 0 unspecified atom stereocenters. The lowest BCUT2D eigenvalue weighted by Crippen LogP contribution is -1.99. The Bertz CT molecular complexity index is 1080. The van der Waals surface area contributed by atoms with Gasteiger partial charge in [-0.15, -0.1) is 0 Å². The van der Waals surface area contributed by atoms with Gasteiger partial charge in [0, 0.05) is 18.8 Å². The van der Waals surface area contributed by atoms with Crippen molar-refractivity contribution in [1.29, 1.82) is 0 Å². The third-order valence-electron chi connectivity index (χ3n) is 4.80. The topological polar surface area (TPSA) is 82.5 Å². The lowest BCUT2D eigenvalue weighted by Gasteiger charge is -2.05. The van der Waals surface area contributed by atoms with Crippen LogP contribution in [-0.2, 0) is 6.42 Å². The number of hydrogen-bond acceptors (Lipinski definition) is 5. The number of nitrogens with two attached hydrogens (primary N) is 1. The normalized spacial score (nSPS) is 14.0. The van der Waals surface area contributed by atoms with Crippen molar-refractivity contribution in [2.45, 2.75) is 25.3 Å². The number of benzene rings is 1. The van der Waals surface area contributed by atoms with Crippen LogP contribution in [-0.4, -0.2) is 24.7 Å². The van der Waals surface area contributed by atoms with Crippen molar-refractivity contribution in [3.05, 3.63) is 66.4 Å². The Balaban J connectivity index is 1.56. The van der Waals surface area contributed by atoms with Gasteiger partial charge in [0.05, 0.1) is 17.1 Å². The first-order chi connectivity index (χ1) is 12.8. The van der Waals surface area contributed by atoms with Gasteiger partial charge in [0.25, 0.3) is 0 Å². The Morgan fingerprint density at radius 3 is 2.69 bits per heavy atom. The average Bonchev–Trinajstić information content (AvgIpc) is 3.46. The van der Waals surface area contributed by atoms with Crippen molar-refractivity contribution in [3.63, 3.8) is 0 Å². The lowest BCUT2D eigenvalue weighted by molar-refractivity contribution is 0.648. The van der Waals surface area contributed by atoms with Gasteiger partial charge in [-0.2, -0.15) is 5.10 Å². The Morgan fingerprint density at radius 1 is 1.04 bits per heavy atom. The van der Waals surface area contributed by atoms with Gasteiger partial charge in [0.2, 0.25) is 0 Å². The summed E-state index contributed by atoms with van der Waals surface area (Å²) in [4.78, 5) is 12.7. The van der Waals surface area contributed by atoms with Crippen molar-refractivity contribution < 1.29 is 0 Å². The van der Waals surface area contributed by atoms with Gasteiger partial charge >= 0.3 is 0 Å². The molecule has 0 spiro atoms. The molecule has 1 aliphatic carbocycles. The molecule has 26 heavy (non-hydrogen) atoms. The molecule has 4 aromatic rings. The summed E-state index contributed by atoms with van der Waals surface area (Å²) in [6.45, 7) is 0. The molecule has 0 bridgehead atoms. The van der Waals surface area contributed by atoms with Crippen LogP contribution in [0.1, 0.15) is 30.1 Å². The molecule has 0 amide bonds. The smallest absolute Gasteiger partial charge is 0.163 e. The lowest BCUT2D eigenvalue weighted by atomic mass is 10.0. The van der Waals surface area contributed by atoms with Crippen molar-refractivity contribution >= 4 is 16.9 Å². The summed E-state index contributed by atoms with van der Waals surface area (Å²) in [6, 6.07) is 13.0. The molecule has 1 fully saturated rings. The van der Waals surface area contributed by atoms with Gasteiger partial charge < -0.3 is 5.73 Å². The summed E-state index contributed by atoms with van der Waals surface area (Å²) in [5.74, 6) is 0.502. The number of hydrogen-bond donors (Lipinski definition) is 1. The van der Waals surface area contributed by atoms with Crippen LogP contribution >= 0.6 is 0 Å². The minimum atomic E-state index is 0.448. The van der Waals surface area contributed by atoms with Crippen LogP contribution in [0.4, 0.5) is 5.82 Å². The van der Waals surface area contributed by atoms with E-state index in [1.54, 1.807) is 0 Å². The summed E-state index contributed by atoms with van der Waals surface area (Å²) in [5.41, 5.74) is 11.4. The van der Waals surface area contributed by atoms with E-state index in [1.807, 2.05) is 29.2 Å². The zero-order valence-electron chi connectivity index (χ0n) is 14.2. The standard InChI is InChI=1S/C20H18N6/c21-19-18-17(25-26(16-4-5-16)20(18)24-12-23-19)11-13-2-1-3-15(10-13)14-6-8-22-9-7-14/h1-3,6-10,12,16H,4-5,11H2,(H2,21,23,24). The van der Waals surface area contributed by atoms with E-state index < -0.39 is 0 Å². The van der Waals surface area contributed by atoms with Crippen LogP contribution in [0.25, 0.3) is 22.2 Å². The second kappa shape index (κ2) is 5.91. The second-order valence-electron chi connectivity index (χ2n) is 6.69. The Kier molecular flexibility index (Phi) is 3.41. The Morgan fingerprint density at radius 2 is 1.88 bits per heavy atom. The maximum Gasteiger partial charge on any atom is 0.163 e. The number of aromatic nitrogens is 5. The molecule has 0 radical (unpaired) electrons. The molecule has 2 N–H and O–H groups in total. The maximum absolute atomic E-state index is 6.15. The van der Waals surface area contributed by atoms with E-state index in [9.17, 15) is 0 Å². The van der Waals surface area contributed by atoms with Crippen LogP contribution in [0.5, 0.6) is 0 Å². The highest BCUT2D eigenvalue weighted by Crippen LogP contribution is 2.38. The predicted octanol–water partition coefficient (Wildman–Crippen LogP) is 3.40. The SMILES string of the molecule is Nc1ncnc2c1c(Cc1cccc(-c3ccncc3)c1)nn2C1CC1. The predicted molar refractivity (Wildman–Crippen MR) is 100 cm³/mol. The van der Waals surface area contributed by atoms with Crippen molar-refractivity contribution in [1.82, 2.24) is 24.7 Å². The van der Waals surface area contributed by atoms with Gasteiger partial charge in [-0.1, -0.05) is 24.3 Å². The fourth-order valence-electron chi connectivity index (χ4n) is 3.36. The first-order valence-electron chi connectivity index (χ1n) is 8.76. The van der Waals surface area contributed by atoms with Gasteiger partial charge in [-0.3, -0.25) is 4.98 Å². The molecule has 1 aromatic carbocycles. The number of nitrogen functional groups attached to an aromatic ring is 1. The molecule has 3 aromatic heterocycles. The number of fused-ring (bicyclic) bond motifs is 1. The molecule has 128 valence electrons. The minimum absolute atomic E-state index is 0.448. The van der Waals surface area contributed by atoms with E-state index in [0.717, 1.165) is 35.1 Å². The molecular formula is C20H18N6. The van der Waals surface area contributed by atoms with E-state index in [0.29, 0.717) is 18.3 Å². The van der Waals surface area contributed by atoms with Gasteiger partial charge in [-0.05, 0) is 41.7 Å². The van der Waals surface area contributed by atoms with E-state index in [2.05, 4.69) is 39.2 Å². The van der Waals surface area contributed by atoms with Crippen LogP contribution in [0.2, 0.25) is 0 Å². The van der Waals surface area contributed by atoms with Crippen molar-refractivity contribution in [2.24, 2.45) is 0 Å². The van der Waals surface area contributed by atoms with Crippen molar-refractivity contribution in [3.8, 4) is 11.1 Å². The second-order valence-corrected chi connectivity index (χ2v) is 6.69. The van der Waals surface area contributed by atoms with E-state index >= 15 is 0 Å². The largest absolute Gasteiger partial charge is 0.383 e. The monoisotopic (exact) mass is 342 g/mol. The summed E-state index contributed by atoms with van der Waals surface area (Å²) < 4.78 is 2.02. The highest BCUT2D eigenvalue weighted by atomic mass is 15.3. The molecule has 1 aliphatic rings. The highest BCUT2D eigenvalue weighted by molar-refractivity contribution is 5.88.